The summed E-state index contributed by atoms with van der Waals surface area (Å²) >= 11 is 11.9. The van der Waals surface area contributed by atoms with Crippen molar-refractivity contribution in [3.05, 3.63) is 23.2 Å². The Bertz CT molecular complexity index is 401. The number of aliphatic imine (C=N–C) groups is 1. The molecule has 0 radical (unpaired) electrons. The number of nitrogens with two attached hydrogens (primary N) is 1. The lowest BCUT2D eigenvalue weighted by Crippen LogP contribution is -2.22. The minimum atomic E-state index is 0.213. The maximum absolute atomic E-state index is 6.22. The van der Waals surface area contributed by atoms with Crippen LogP contribution in [0.2, 0.25) is 5.02 Å². The Kier molecular flexibility index (Phi) is 5.59. The summed E-state index contributed by atoms with van der Waals surface area (Å²) in [6, 6.07) is 5.60. The van der Waals surface area contributed by atoms with Crippen molar-refractivity contribution >= 4 is 40.4 Å². The van der Waals surface area contributed by atoms with Gasteiger partial charge in [0.1, 0.15) is 5.84 Å². The first-order valence-electron chi connectivity index (χ1n) is 5.56. The molecular weight excluding hydrogens is 257 g/mol. The van der Waals surface area contributed by atoms with Crippen molar-refractivity contribution in [3.63, 3.8) is 0 Å². The van der Waals surface area contributed by atoms with Gasteiger partial charge in [0.05, 0.1) is 22.3 Å². The second kappa shape index (κ2) is 6.72. The Morgan fingerprint density at radius 3 is 2.53 bits per heavy atom. The minimum Gasteiger partial charge on any atom is -0.386 e. The highest BCUT2D eigenvalue weighted by Crippen LogP contribution is 2.35. The number of rotatable bonds is 5. The van der Waals surface area contributed by atoms with Crippen molar-refractivity contribution in [1.29, 1.82) is 0 Å². The second-order valence-corrected chi connectivity index (χ2v) is 4.19. The lowest BCUT2D eigenvalue weighted by Gasteiger charge is -2.23. The molecule has 0 aliphatic heterocycles. The van der Waals surface area contributed by atoms with Gasteiger partial charge in [-0.05, 0) is 26.0 Å². The number of hydrogen-bond donors (Lipinski definition) is 1. The number of para-hydroxylation sites is 1. The fourth-order valence-electron chi connectivity index (χ4n) is 1.63. The average Bonchev–Trinajstić information content (AvgIpc) is 2.33. The maximum Gasteiger partial charge on any atom is 0.115 e. The lowest BCUT2D eigenvalue weighted by atomic mass is 10.2. The first-order valence-corrected chi connectivity index (χ1v) is 6.47. The van der Waals surface area contributed by atoms with Crippen LogP contribution in [0, 0.1) is 0 Å². The molecule has 94 valence electrons. The van der Waals surface area contributed by atoms with Crippen LogP contribution in [0.5, 0.6) is 0 Å². The van der Waals surface area contributed by atoms with Gasteiger partial charge in [-0.2, -0.15) is 0 Å². The molecule has 3 nitrogen and oxygen atoms in total. The van der Waals surface area contributed by atoms with Crippen LogP contribution in [-0.4, -0.2) is 24.8 Å². The Morgan fingerprint density at radius 2 is 2.00 bits per heavy atom. The molecule has 0 heterocycles. The number of hydrogen-bond acceptors (Lipinski definition) is 2. The predicted octanol–water partition coefficient (Wildman–Crippen LogP) is 3.41. The van der Waals surface area contributed by atoms with Crippen LogP contribution in [0.15, 0.2) is 23.2 Å². The first kappa shape index (κ1) is 14.1. The average molecular weight is 274 g/mol. The van der Waals surface area contributed by atoms with Crippen molar-refractivity contribution in [2.45, 2.75) is 13.8 Å². The molecule has 0 aliphatic carbocycles. The van der Waals surface area contributed by atoms with Gasteiger partial charge in [-0.1, -0.05) is 17.7 Å². The van der Waals surface area contributed by atoms with E-state index in [0.29, 0.717) is 10.9 Å². The van der Waals surface area contributed by atoms with Gasteiger partial charge in [-0.15, -0.1) is 11.6 Å². The topological polar surface area (TPSA) is 41.6 Å². The number of nitrogens with zero attached hydrogens (tertiary/aromatic N) is 2. The number of amidine groups is 1. The van der Waals surface area contributed by atoms with E-state index in [0.717, 1.165) is 24.5 Å². The zero-order chi connectivity index (χ0) is 12.8. The molecule has 0 spiro atoms. The third-order valence-electron chi connectivity index (χ3n) is 2.45. The normalized spacial score (nSPS) is 11.6. The molecule has 0 bridgehead atoms. The van der Waals surface area contributed by atoms with E-state index < -0.39 is 0 Å². The lowest BCUT2D eigenvalue weighted by molar-refractivity contribution is 0.866. The van der Waals surface area contributed by atoms with Gasteiger partial charge >= 0.3 is 0 Å². The zero-order valence-corrected chi connectivity index (χ0v) is 11.6. The summed E-state index contributed by atoms with van der Waals surface area (Å²) < 4.78 is 0. The van der Waals surface area contributed by atoms with Crippen LogP contribution in [0.3, 0.4) is 0 Å². The zero-order valence-electron chi connectivity index (χ0n) is 10.1. The first-order chi connectivity index (χ1) is 8.13. The fourth-order valence-corrected chi connectivity index (χ4v) is 1.98. The van der Waals surface area contributed by atoms with Gasteiger partial charge in [0, 0.05) is 13.1 Å². The highest BCUT2D eigenvalue weighted by molar-refractivity contribution is 6.34. The van der Waals surface area contributed by atoms with E-state index in [1.165, 1.54) is 0 Å². The molecule has 0 amide bonds. The van der Waals surface area contributed by atoms with E-state index in [-0.39, 0.29) is 5.88 Å². The fraction of sp³-hybridized carbons (Fsp3) is 0.417. The van der Waals surface area contributed by atoms with Crippen LogP contribution in [0.1, 0.15) is 13.8 Å². The molecule has 0 aromatic heterocycles. The number of alkyl halides is 1. The molecular formula is C12H17Cl2N3. The molecule has 2 N–H and O–H groups in total. The summed E-state index contributed by atoms with van der Waals surface area (Å²) in [5, 5.41) is 0.678. The van der Waals surface area contributed by atoms with Crippen LogP contribution in [0.4, 0.5) is 11.4 Å². The maximum atomic E-state index is 6.22. The highest BCUT2D eigenvalue weighted by Gasteiger charge is 2.12. The minimum absolute atomic E-state index is 0.213. The SMILES string of the molecule is CCN(CC)c1c(Cl)cccc1N=C(N)CCl. The molecule has 0 saturated heterocycles. The van der Waals surface area contributed by atoms with Gasteiger partial charge in [0.2, 0.25) is 0 Å². The van der Waals surface area contributed by atoms with E-state index in [2.05, 4.69) is 23.7 Å². The van der Waals surface area contributed by atoms with E-state index in [1.807, 2.05) is 18.2 Å². The second-order valence-electron chi connectivity index (χ2n) is 3.52. The van der Waals surface area contributed by atoms with Gasteiger partial charge < -0.3 is 10.6 Å². The van der Waals surface area contributed by atoms with Crippen LogP contribution >= 0.6 is 23.2 Å². The molecule has 0 atom stereocenters. The molecule has 0 fully saturated rings. The molecule has 0 saturated carbocycles. The Hall–Kier alpha value is -0.930. The Labute approximate surface area is 112 Å². The van der Waals surface area contributed by atoms with Crippen molar-refractivity contribution in [3.8, 4) is 0 Å². The van der Waals surface area contributed by atoms with Crippen molar-refractivity contribution in [1.82, 2.24) is 0 Å². The smallest absolute Gasteiger partial charge is 0.115 e. The van der Waals surface area contributed by atoms with E-state index in [9.17, 15) is 0 Å². The third kappa shape index (κ3) is 3.51. The van der Waals surface area contributed by atoms with E-state index in [1.54, 1.807) is 0 Å². The summed E-state index contributed by atoms with van der Waals surface area (Å²) in [5.74, 6) is 0.604. The molecule has 17 heavy (non-hydrogen) atoms. The molecule has 0 aliphatic rings. The van der Waals surface area contributed by atoms with Crippen molar-refractivity contribution < 1.29 is 0 Å². The highest BCUT2D eigenvalue weighted by atomic mass is 35.5. The van der Waals surface area contributed by atoms with Crippen LogP contribution in [-0.2, 0) is 0 Å². The van der Waals surface area contributed by atoms with Gasteiger partial charge in [-0.25, -0.2) is 4.99 Å². The van der Waals surface area contributed by atoms with Crippen LogP contribution in [0.25, 0.3) is 0 Å². The van der Waals surface area contributed by atoms with E-state index in [4.69, 9.17) is 28.9 Å². The summed E-state index contributed by atoms with van der Waals surface area (Å²) in [4.78, 5) is 6.43. The molecule has 1 aromatic rings. The largest absolute Gasteiger partial charge is 0.386 e. The molecule has 0 unspecified atom stereocenters. The van der Waals surface area contributed by atoms with E-state index >= 15 is 0 Å². The summed E-state index contributed by atoms with van der Waals surface area (Å²) in [7, 11) is 0. The third-order valence-corrected chi connectivity index (χ3v) is 3.02. The van der Waals surface area contributed by atoms with Crippen molar-refractivity contribution in [2.24, 2.45) is 10.7 Å². The van der Waals surface area contributed by atoms with Crippen molar-refractivity contribution in [2.75, 3.05) is 23.9 Å². The molecule has 1 aromatic carbocycles. The summed E-state index contributed by atoms with van der Waals surface area (Å²) in [5.41, 5.74) is 7.34. The summed E-state index contributed by atoms with van der Waals surface area (Å²) in [6.45, 7) is 5.88. The predicted molar refractivity (Wildman–Crippen MR) is 77.0 cm³/mol. The van der Waals surface area contributed by atoms with Crippen LogP contribution < -0.4 is 10.6 Å². The van der Waals surface area contributed by atoms with Gasteiger partial charge in [0.15, 0.2) is 0 Å². The molecule has 5 heteroatoms. The number of anilines is 1. The van der Waals surface area contributed by atoms with Gasteiger partial charge in [-0.3, -0.25) is 0 Å². The quantitative estimate of drug-likeness (QED) is 0.508. The standard InChI is InChI=1S/C12H17Cl2N3/c1-3-17(4-2)12-9(14)6-5-7-10(12)16-11(15)8-13/h5-7H,3-4,8H2,1-2H3,(H2,15,16). The monoisotopic (exact) mass is 273 g/mol. The summed E-state index contributed by atoms with van der Waals surface area (Å²) in [6.07, 6.45) is 0. The molecule has 1 rings (SSSR count). The Balaban J connectivity index is 3.26. The van der Waals surface area contributed by atoms with Gasteiger partial charge in [0.25, 0.3) is 0 Å². The number of benzene rings is 1. The number of halogens is 2. The Morgan fingerprint density at radius 1 is 1.35 bits per heavy atom.